The van der Waals surface area contributed by atoms with Gasteiger partial charge in [0.1, 0.15) is 5.57 Å². The van der Waals surface area contributed by atoms with Gasteiger partial charge in [-0.15, -0.1) is 0 Å². The van der Waals surface area contributed by atoms with Gasteiger partial charge in [-0.2, -0.15) is 0 Å². The number of carbonyl (C=O) groups is 2. The summed E-state index contributed by atoms with van der Waals surface area (Å²) in [7, 11) is 0. The summed E-state index contributed by atoms with van der Waals surface area (Å²) in [6.07, 6.45) is 0. The van der Waals surface area contributed by atoms with E-state index in [1.165, 1.54) is 35.7 Å². The third-order valence-electron chi connectivity index (χ3n) is 2.69. The molecule has 0 aliphatic carbocycles. The zero-order chi connectivity index (χ0) is 14.1. The number of Topliss-reactive ketones (excluding diaryl/α,β-unsaturated/α-hetero) is 1. The zero-order valence-corrected chi connectivity index (χ0v) is 11.6. The first-order chi connectivity index (χ1) is 9.66. The molecule has 0 radical (unpaired) electrons. The van der Waals surface area contributed by atoms with Crippen LogP contribution in [0.2, 0.25) is 0 Å². The number of benzene rings is 1. The largest absolute Gasteiger partial charge is 0.477 e. The molecule has 102 valence electrons. The molecule has 20 heavy (non-hydrogen) atoms. The van der Waals surface area contributed by atoms with Gasteiger partial charge in [0.25, 0.3) is 0 Å². The quantitative estimate of drug-likeness (QED) is 0.398. The Bertz CT molecular complexity index is 653. The molecule has 7 heteroatoms. The number of fused-ring (bicyclic) bond motifs is 1. The van der Waals surface area contributed by atoms with Crippen LogP contribution in [0, 0.1) is 0 Å². The van der Waals surface area contributed by atoms with Crippen LogP contribution in [0.3, 0.4) is 0 Å². The molecule has 0 saturated heterocycles. The Balaban J connectivity index is 1.98. The third-order valence-corrected chi connectivity index (χ3v) is 4.82. The van der Waals surface area contributed by atoms with E-state index in [-0.39, 0.29) is 17.9 Å². The smallest absolute Gasteiger partial charge is 0.341 e. The van der Waals surface area contributed by atoms with Crippen molar-refractivity contribution in [1.82, 2.24) is 0 Å². The SMILES string of the molecule is O=C(O)C(C(=O)c1ccc2c(c1)OCO2)=C1SC=CS1. The minimum absolute atomic E-state index is 0.107. The molecule has 0 saturated carbocycles. The number of ketones is 1. The predicted molar refractivity (Wildman–Crippen MR) is 75.9 cm³/mol. The number of hydrogen-bond donors (Lipinski definition) is 1. The van der Waals surface area contributed by atoms with E-state index in [2.05, 4.69) is 0 Å². The summed E-state index contributed by atoms with van der Waals surface area (Å²) in [5.41, 5.74) is 0.0520. The fourth-order valence-electron chi connectivity index (χ4n) is 1.78. The maximum absolute atomic E-state index is 12.4. The molecule has 0 aromatic heterocycles. The fraction of sp³-hybridized carbons (Fsp3) is 0.0769. The zero-order valence-electron chi connectivity index (χ0n) is 9.99. The standard InChI is InChI=1S/C13H8O5S2/c14-11(10(12(15)16)13-19-3-4-20-13)7-1-2-8-9(5-7)18-6-17-8/h1-5H,6H2,(H,15,16). The molecule has 2 aliphatic rings. The lowest BCUT2D eigenvalue weighted by molar-refractivity contribution is -0.132. The van der Waals surface area contributed by atoms with E-state index in [9.17, 15) is 14.7 Å². The second-order valence-electron chi connectivity index (χ2n) is 3.87. The molecule has 1 aromatic rings. The summed E-state index contributed by atoms with van der Waals surface area (Å²) in [5.74, 6) is -0.756. The highest BCUT2D eigenvalue weighted by Crippen LogP contribution is 2.41. The minimum Gasteiger partial charge on any atom is -0.477 e. The van der Waals surface area contributed by atoms with Crippen molar-refractivity contribution in [3.05, 3.63) is 44.4 Å². The molecule has 3 rings (SSSR count). The normalized spacial score (nSPS) is 15.5. The van der Waals surface area contributed by atoms with Gasteiger partial charge in [-0.3, -0.25) is 4.79 Å². The van der Waals surface area contributed by atoms with Gasteiger partial charge < -0.3 is 14.6 Å². The van der Waals surface area contributed by atoms with E-state index >= 15 is 0 Å². The third kappa shape index (κ3) is 2.30. The molecule has 0 fully saturated rings. The van der Waals surface area contributed by atoms with Gasteiger partial charge in [0, 0.05) is 5.56 Å². The average Bonchev–Trinajstić information content (AvgIpc) is 3.08. The van der Waals surface area contributed by atoms with E-state index in [1.807, 2.05) is 0 Å². The molecule has 5 nitrogen and oxygen atoms in total. The maximum atomic E-state index is 12.4. The Morgan fingerprint density at radius 3 is 2.50 bits per heavy atom. The fourth-order valence-corrected chi connectivity index (χ4v) is 3.63. The van der Waals surface area contributed by atoms with E-state index < -0.39 is 11.8 Å². The topological polar surface area (TPSA) is 72.8 Å². The number of rotatable bonds is 3. The average molecular weight is 308 g/mol. The minimum atomic E-state index is -1.23. The number of hydrogen-bond acceptors (Lipinski definition) is 6. The molecule has 0 atom stereocenters. The van der Waals surface area contributed by atoms with Gasteiger partial charge in [0.2, 0.25) is 12.6 Å². The summed E-state index contributed by atoms with van der Waals surface area (Å²) in [6, 6.07) is 4.65. The van der Waals surface area contributed by atoms with Gasteiger partial charge in [0.05, 0.1) is 4.24 Å². The highest BCUT2D eigenvalue weighted by Gasteiger charge is 2.27. The van der Waals surface area contributed by atoms with Crippen LogP contribution in [0.1, 0.15) is 10.4 Å². The van der Waals surface area contributed by atoms with Crippen molar-refractivity contribution in [3.8, 4) is 11.5 Å². The van der Waals surface area contributed by atoms with Crippen LogP contribution in [-0.4, -0.2) is 23.7 Å². The molecule has 1 N–H and O–H groups in total. The Kier molecular flexibility index (Phi) is 3.45. The highest BCUT2D eigenvalue weighted by molar-refractivity contribution is 8.27. The van der Waals surface area contributed by atoms with Crippen molar-refractivity contribution in [2.75, 3.05) is 6.79 Å². The highest BCUT2D eigenvalue weighted by atomic mass is 32.2. The number of carboxylic acids is 1. The van der Waals surface area contributed by atoms with E-state index in [0.717, 1.165) is 0 Å². The van der Waals surface area contributed by atoms with Gasteiger partial charge in [-0.05, 0) is 29.0 Å². The summed E-state index contributed by atoms with van der Waals surface area (Å²) in [6.45, 7) is 0.107. The van der Waals surface area contributed by atoms with Crippen molar-refractivity contribution >= 4 is 35.3 Å². The molecule has 1 aromatic carbocycles. The molecular weight excluding hydrogens is 300 g/mol. The molecule has 0 spiro atoms. The van der Waals surface area contributed by atoms with Crippen LogP contribution in [0.5, 0.6) is 11.5 Å². The van der Waals surface area contributed by atoms with Crippen LogP contribution in [0.15, 0.2) is 38.8 Å². The summed E-state index contributed by atoms with van der Waals surface area (Å²) >= 11 is 2.46. The van der Waals surface area contributed by atoms with E-state index in [1.54, 1.807) is 16.9 Å². The van der Waals surface area contributed by atoms with Crippen molar-refractivity contribution in [3.63, 3.8) is 0 Å². The first-order valence-corrected chi connectivity index (χ1v) is 7.33. The molecular formula is C13H8O5S2. The van der Waals surface area contributed by atoms with Crippen LogP contribution in [0.25, 0.3) is 0 Å². The lowest BCUT2D eigenvalue weighted by Gasteiger charge is -2.06. The number of carboxylic acid groups (broad SMARTS) is 1. The van der Waals surface area contributed by atoms with Gasteiger partial charge in [-0.25, -0.2) is 4.79 Å². The Labute approximate surface area is 122 Å². The first-order valence-electron chi connectivity index (χ1n) is 5.57. The van der Waals surface area contributed by atoms with Crippen LogP contribution < -0.4 is 9.47 Å². The van der Waals surface area contributed by atoms with Crippen LogP contribution >= 0.6 is 23.5 Å². The maximum Gasteiger partial charge on any atom is 0.341 e. The lowest BCUT2D eigenvalue weighted by atomic mass is 10.0. The number of carbonyl (C=O) groups excluding carboxylic acids is 1. The van der Waals surface area contributed by atoms with Gasteiger partial charge in [-0.1, -0.05) is 23.5 Å². The molecule has 0 bridgehead atoms. The first kappa shape index (κ1) is 13.1. The number of aliphatic carboxylic acids is 1. The van der Waals surface area contributed by atoms with Crippen molar-refractivity contribution in [1.29, 1.82) is 0 Å². The molecule has 2 heterocycles. The van der Waals surface area contributed by atoms with Crippen molar-refractivity contribution in [2.24, 2.45) is 0 Å². The lowest BCUT2D eigenvalue weighted by Crippen LogP contribution is -2.13. The monoisotopic (exact) mass is 308 g/mol. The summed E-state index contributed by atoms with van der Waals surface area (Å²) < 4.78 is 10.8. The van der Waals surface area contributed by atoms with Gasteiger partial charge >= 0.3 is 5.97 Å². The Morgan fingerprint density at radius 2 is 1.80 bits per heavy atom. The summed E-state index contributed by atoms with van der Waals surface area (Å²) in [5, 5.41) is 12.8. The van der Waals surface area contributed by atoms with Crippen molar-refractivity contribution < 1.29 is 24.2 Å². The van der Waals surface area contributed by atoms with Crippen LogP contribution in [-0.2, 0) is 4.79 Å². The Morgan fingerprint density at radius 1 is 1.10 bits per heavy atom. The second-order valence-corrected chi connectivity index (χ2v) is 5.96. The van der Waals surface area contributed by atoms with E-state index in [0.29, 0.717) is 15.7 Å². The second kappa shape index (κ2) is 5.26. The molecule has 0 unspecified atom stereocenters. The van der Waals surface area contributed by atoms with Gasteiger partial charge in [0.15, 0.2) is 11.5 Å². The molecule has 0 amide bonds. The molecule has 2 aliphatic heterocycles. The van der Waals surface area contributed by atoms with Crippen LogP contribution in [0.4, 0.5) is 0 Å². The Hall–Kier alpha value is -1.86. The summed E-state index contributed by atoms with van der Waals surface area (Å²) in [4.78, 5) is 23.7. The predicted octanol–water partition coefficient (Wildman–Crippen LogP) is 2.85. The number of ether oxygens (including phenoxy) is 2. The van der Waals surface area contributed by atoms with E-state index in [4.69, 9.17) is 9.47 Å². The van der Waals surface area contributed by atoms with Crippen molar-refractivity contribution in [2.45, 2.75) is 0 Å². The number of thioether (sulfide) groups is 2.